The first-order valence-electron chi connectivity index (χ1n) is 4.40. The molecule has 5 nitrogen and oxygen atoms in total. The van der Waals surface area contributed by atoms with E-state index in [-0.39, 0.29) is 29.1 Å². The third-order valence-electron chi connectivity index (χ3n) is 2.28. The molecule has 1 aromatic rings. The second kappa shape index (κ2) is 3.96. The number of hydrogen-bond acceptors (Lipinski definition) is 4. The predicted octanol–water partition coefficient (Wildman–Crippen LogP) is 0.566. The Hall–Kier alpha value is -2.09. The molecule has 1 heterocycles. The van der Waals surface area contributed by atoms with Gasteiger partial charge in [0.2, 0.25) is 5.88 Å². The average molecular weight is 206 g/mol. The van der Waals surface area contributed by atoms with Gasteiger partial charge in [-0.05, 0) is 19.4 Å². The zero-order chi connectivity index (χ0) is 11.6. The first-order chi connectivity index (χ1) is 7.08. The van der Waals surface area contributed by atoms with E-state index in [2.05, 4.69) is 0 Å². The molecule has 5 heteroatoms. The number of carbonyl (C=O) groups excluding carboxylic acids is 1. The van der Waals surface area contributed by atoms with E-state index in [9.17, 15) is 14.7 Å². The molecule has 0 aliphatic rings. The summed E-state index contributed by atoms with van der Waals surface area (Å²) in [7, 11) is 0. The van der Waals surface area contributed by atoms with Crippen LogP contribution in [0.25, 0.3) is 0 Å². The quantitative estimate of drug-likeness (QED) is 0.717. The molecule has 0 spiro atoms. The number of pyridine rings is 1. The lowest BCUT2D eigenvalue weighted by Gasteiger charge is -2.10. The Morgan fingerprint density at radius 3 is 2.60 bits per heavy atom. The van der Waals surface area contributed by atoms with Gasteiger partial charge in [-0.1, -0.05) is 0 Å². The zero-order valence-corrected chi connectivity index (χ0v) is 8.44. The van der Waals surface area contributed by atoms with Crippen LogP contribution < -0.4 is 5.56 Å². The second-order valence-electron chi connectivity index (χ2n) is 3.02. The molecule has 0 unspecified atom stereocenters. The molecule has 78 valence electrons. The van der Waals surface area contributed by atoms with E-state index in [0.717, 1.165) is 4.57 Å². The van der Waals surface area contributed by atoms with Crippen LogP contribution in [0.5, 0.6) is 5.88 Å². The molecule has 1 aromatic heterocycles. The monoisotopic (exact) mass is 206 g/mol. The van der Waals surface area contributed by atoms with E-state index in [1.165, 1.54) is 6.92 Å². The number of nitrogens with zero attached hydrogens (tertiary/aromatic N) is 2. The van der Waals surface area contributed by atoms with E-state index in [1.807, 2.05) is 0 Å². The summed E-state index contributed by atoms with van der Waals surface area (Å²) >= 11 is 0. The molecule has 0 bridgehead atoms. The summed E-state index contributed by atoms with van der Waals surface area (Å²) in [5.41, 5.74) is -0.454. The van der Waals surface area contributed by atoms with Gasteiger partial charge in [0, 0.05) is 6.54 Å². The second-order valence-corrected chi connectivity index (χ2v) is 3.02. The van der Waals surface area contributed by atoms with Crippen LogP contribution in [0.1, 0.15) is 28.4 Å². The molecule has 0 aromatic carbocycles. The molecule has 0 fully saturated rings. The molecule has 1 rings (SSSR count). The highest BCUT2D eigenvalue weighted by Crippen LogP contribution is 2.18. The van der Waals surface area contributed by atoms with Gasteiger partial charge >= 0.3 is 0 Å². The zero-order valence-electron chi connectivity index (χ0n) is 8.44. The molecule has 15 heavy (non-hydrogen) atoms. The van der Waals surface area contributed by atoms with Gasteiger partial charge in [-0.2, -0.15) is 5.26 Å². The first-order valence-corrected chi connectivity index (χ1v) is 4.40. The standard InChI is InChI=1S/C10H10N2O3/c1-3-12-9(14)7(4-11)6(2)8(5-13)10(12)15/h5,15H,3H2,1-2H3. The fourth-order valence-corrected chi connectivity index (χ4v) is 1.41. The van der Waals surface area contributed by atoms with Gasteiger partial charge in [-0.25, -0.2) is 0 Å². The van der Waals surface area contributed by atoms with Crippen molar-refractivity contribution in [3.05, 3.63) is 27.0 Å². The van der Waals surface area contributed by atoms with Crippen LogP contribution in [-0.4, -0.2) is 16.0 Å². The lowest BCUT2D eigenvalue weighted by atomic mass is 10.1. The van der Waals surface area contributed by atoms with Gasteiger partial charge in [0.1, 0.15) is 11.6 Å². The summed E-state index contributed by atoms with van der Waals surface area (Å²) in [6.07, 6.45) is 0.442. The van der Waals surface area contributed by atoms with Crippen LogP contribution in [0.3, 0.4) is 0 Å². The third kappa shape index (κ3) is 1.50. The van der Waals surface area contributed by atoms with E-state index >= 15 is 0 Å². The van der Waals surface area contributed by atoms with Crippen molar-refractivity contribution in [3.8, 4) is 11.9 Å². The van der Waals surface area contributed by atoms with E-state index in [1.54, 1.807) is 13.0 Å². The minimum Gasteiger partial charge on any atom is -0.494 e. The largest absolute Gasteiger partial charge is 0.494 e. The topological polar surface area (TPSA) is 83.1 Å². The highest BCUT2D eigenvalue weighted by molar-refractivity contribution is 5.81. The Morgan fingerprint density at radius 1 is 1.60 bits per heavy atom. The number of nitriles is 1. The molecule has 0 saturated carbocycles. The number of aldehydes is 1. The summed E-state index contributed by atoms with van der Waals surface area (Å²) in [5.74, 6) is -0.381. The van der Waals surface area contributed by atoms with E-state index < -0.39 is 5.56 Å². The van der Waals surface area contributed by atoms with Crippen LogP contribution in [0.4, 0.5) is 0 Å². The predicted molar refractivity (Wildman–Crippen MR) is 52.9 cm³/mol. The molecular formula is C10H10N2O3. The van der Waals surface area contributed by atoms with Gasteiger partial charge < -0.3 is 5.11 Å². The lowest BCUT2D eigenvalue weighted by Crippen LogP contribution is -2.24. The van der Waals surface area contributed by atoms with Crippen molar-refractivity contribution in [2.75, 3.05) is 0 Å². The summed E-state index contributed by atoms with van der Waals surface area (Å²) in [6.45, 7) is 3.32. The van der Waals surface area contributed by atoms with Crippen molar-refractivity contribution in [1.29, 1.82) is 5.26 Å². The van der Waals surface area contributed by atoms with Crippen LogP contribution in [-0.2, 0) is 6.54 Å². The van der Waals surface area contributed by atoms with Gasteiger partial charge in [0.05, 0.1) is 5.56 Å². The maximum atomic E-state index is 11.6. The van der Waals surface area contributed by atoms with Crippen LogP contribution in [0, 0.1) is 18.3 Å². The molecule has 1 N–H and O–H groups in total. The van der Waals surface area contributed by atoms with Gasteiger partial charge in [-0.3, -0.25) is 14.2 Å². The normalized spacial score (nSPS) is 9.67. The number of aromatic hydroxyl groups is 1. The Kier molecular flexibility index (Phi) is 2.90. The van der Waals surface area contributed by atoms with Crippen molar-refractivity contribution in [1.82, 2.24) is 4.57 Å². The number of aromatic nitrogens is 1. The average Bonchev–Trinajstić information content (AvgIpc) is 2.19. The van der Waals surface area contributed by atoms with Crippen molar-refractivity contribution in [3.63, 3.8) is 0 Å². The molecule has 0 amide bonds. The van der Waals surface area contributed by atoms with Crippen molar-refractivity contribution in [2.45, 2.75) is 20.4 Å². The SMILES string of the molecule is CCn1c(O)c(C=O)c(C)c(C#N)c1=O. The fourth-order valence-electron chi connectivity index (χ4n) is 1.41. The summed E-state index contributed by atoms with van der Waals surface area (Å²) in [5, 5.41) is 18.4. The molecule has 0 saturated heterocycles. The third-order valence-corrected chi connectivity index (χ3v) is 2.28. The minimum atomic E-state index is -0.569. The van der Waals surface area contributed by atoms with E-state index in [0.29, 0.717) is 6.29 Å². The van der Waals surface area contributed by atoms with Crippen LogP contribution >= 0.6 is 0 Å². The molecular weight excluding hydrogens is 196 g/mol. The first kappa shape index (κ1) is 11.0. The molecule has 0 atom stereocenters. The molecule has 0 radical (unpaired) electrons. The maximum absolute atomic E-state index is 11.6. The Bertz CT molecular complexity index is 509. The summed E-state index contributed by atoms with van der Waals surface area (Å²) < 4.78 is 0.995. The minimum absolute atomic E-state index is 0.00648. The van der Waals surface area contributed by atoms with Gasteiger partial charge in [-0.15, -0.1) is 0 Å². The fraction of sp³-hybridized carbons (Fsp3) is 0.300. The Balaban J connectivity index is 3.83. The van der Waals surface area contributed by atoms with Gasteiger partial charge in [0.15, 0.2) is 6.29 Å². The van der Waals surface area contributed by atoms with Crippen LogP contribution in [0.15, 0.2) is 4.79 Å². The number of hydrogen-bond donors (Lipinski definition) is 1. The summed E-state index contributed by atoms with van der Waals surface area (Å²) in [6, 6.07) is 1.74. The smallest absolute Gasteiger partial charge is 0.271 e. The summed E-state index contributed by atoms with van der Waals surface area (Å²) in [4.78, 5) is 22.3. The Labute approximate surface area is 86.2 Å². The Morgan fingerprint density at radius 2 is 2.20 bits per heavy atom. The van der Waals surface area contributed by atoms with Crippen molar-refractivity contribution in [2.24, 2.45) is 0 Å². The number of carbonyl (C=O) groups is 1. The molecule has 0 aliphatic heterocycles. The van der Waals surface area contributed by atoms with Crippen molar-refractivity contribution < 1.29 is 9.90 Å². The number of rotatable bonds is 2. The van der Waals surface area contributed by atoms with Gasteiger partial charge in [0.25, 0.3) is 5.56 Å². The highest BCUT2D eigenvalue weighted by atomic mass is 16.3. The highest BCUT2D eigenvalue weighted by Gasteiger charge is 2.17. The van der Waals surface area contributed by atoms with Crippen LogP contribution in [0.2, 0.25) is 0 Å². The molecule has 0 aliphatic carbocycles. The van der Waals surface area contributed by atoms with E-state index in [4.69, 9.17) is 5.26 Å². The maximum Gasteiger partial charge on any atom is 0.271 e. The van der Waals surface area contributed by atoms with Crippen molar-refractivity contribution >= 4 is 6.29 Å². The lowest BCUT2D eigenvalue weighted by molar-refractivity contribution is 0.111.